The van der Waals surface area contributed by atoms with Crippen molar-refractivity contribution in [3.05, 3.63) is 0 Å². The number of aliphatic hydroxyl groups excluding tert-OH is 2. The normalized spacial score (nSPS) is 38.4. The lowest BCUT2D eigenvalue weighted by Gasteiger charge is -2.36. The Kier molecular flexibility index (Phi) is 5.63. The van der Waals surface area contributed by atoms with Crippen LogP contribution in [0.25, 0.3) is 0 Å². The first-order chi connectivity index (χ1) is 9.08. The third-order valence-corrected chi connectivity index (χ3v) is 4.69. The summed E-state index contributed by atoms with van der Waals surface area (Å²) in [6, 6.07) is 0. The third kappa shape index (κ3) is 4.15. The second-order valence-corrected chi connectivity index (χ2v) is 6.52. The molecule has 0 radical (unpaired) electrons. The molecule has 112 valence electrons. The summed E-state index contributed by atoms with van der Waals surface area (Å²) < 4.78 is 5.65. The highest BCUT2D eigenvalue weighted by atomic mass is 16.5. The number of likely N-dealkylation sites (tertiary alicyclic amines) is 1. The fraction of sp³-hybridized carbons (Fsp3) is 1.00. The van der Waals surface area contributed by atoms with Gasteiger partial charge in [0.15, 0.2) is 0 Å². The summed E-state index contributed by atoms with van der Waals surface area (Å²) in [6.07, 6.45) is 2.82. The summed E-state index contributed by atoms with van der Waals surface area (Å²) in [4.78, 5) is 2.42. The first-order valence-electron chi connectivity index (χ1n) is 7.78. The highest BCUT2D eigenvalue weighted by molar-refractivity contribution is 4.84. The van der Waals surface area contributed by atoms with E-state index in [0.717, 1.165) is 25.6 Å². The van der Waals surface area contributed by atoms with Gasteiger partial charge in [-0.05, 0) is 37.6 Å². The van der Waals surface area contributed by atoms with Gasteiger partial charge in [-0.25, -0.2) is 0 Å². The highest BCUT2D eigenvalue weighted by Gasteiger charge is 2.33. The van der Waals surface area contributed by atoms with E-state index in [1.807, 2.05) is 0 Å². The molecular formula is C15H29NO3. The first-order valence-corrected chi connectivity index (χ1v) is 7.78. The van der Waals surface area contributed by atoms with E-state index in [1.54, 1.807) is 0 Å². The van der Waals surface area contributed by atoms with Crippen LogP contribution in [0.1, 0.15) is 39.5 Å². The lowest BCUT2D eigenvalue weighted by atomic mass is 9.91. The maximum atomic E-state index is 10.0. The summed E-state index contributed by atoms with van der Waals surface area (Å²) >= 11 is 0. The molecule has 0 aromatic carbocycles. The molecular weight excluding hydrogens is 242 g/mol. The van der Waals surface area contributed by atoms with Gasteiger partial charge in [0.2, 0.25) is 0 Å². The van der Waals surface area contributed by atoms with Gasteiger partial charge >= 0.3 is 0 Å². The van der Waals surface area contributed by atoms with Crippen LogP contribution in [0.4, 0.5) is 0 Å². The van der Waals surface area contributed by atoms with Gasteiger partial charge in [-0.1, -0.05) is 20.3 Å². The summed E-state index contributed by atoms with van der Waals surface area (Å²) in [5.41, 5.74) is 0. The van der Waals surface area contributed by atoms with Crippen LogP contribution in [0, 0.1) is 11.8 Å². The van der Waals surface area contributed by atoms with Crippen LogP contribution in [-0.2, 0) is 4.74 Å². The molecule has 19 heavy (non-hydrogen) atoms. The molecule has 0 amide bonds. The smallest absolute Gasteiger partial charge is 0.107 e. The molecule has 0 saturated carbocycles. The molecule has 0 aliphatic carbocycles. The van der Waals surface area contributed by atoms with Gasteiger partial charge in [0.25, 0.3) is 0 Å². The molecule has 0 aromatic rings. The van der Waals surface area contributed by atoms with Crippen molar-refractivity contribution in [1.29, 1.82) is 0 Å². The summed E-state index contributed by atoms with van der Waals surface area (Å²) in [5, 5.41) is 19.7. The van der Waals surface area contributed by atoms with Crippen LogP contribution in [0.3, 0.4) is 0 Å². The first kappa shape index (κ1) is 15.2. The standard InChI is InChI=1S/C15H29NO3/c1-11(2)12-5-3-4-7-16(9-12)10-14-15(18)13(17)6-8-19-14/h11-15,17-18H,3-10H2,1-2H3. The van der Waals surface area contributed by atoms with E-state index in [0.29, 0.717) is 18.9 Å². The van der Waals surface area contributed by atoms with Crippen LogP contribution in [0.15, 0.2) is 0 Å². The molecule has 4 unspecified atom stereocenters. The molecule has 4 heteroatoms. The van der Waals surface area contributed by atoms with E-state index < -0.39 is 12.2 Å². The molecule has 0 spiro atoms. The number of nitrogens with zero attached hydrogens (tertiary/aromatic N) is 1. The molecule has 0 aromatic heterocycles. The second kappa shape index (κ2) is 7.02. The van der Waals surface area contributed by atoms with E-state index in [2.05, 4.69) is 18.7 Å². The SMILES string of the molecule is CC(C)C1CCCCN(CC2OCCC(O)C2O)C1. The fourth-order valence-electron chi connectivity index (χ4n) is 3.24. The van der Waals surface area contributed by atoms with Crippen molar-refractivity contribution in [2.24, 2.45) is 11.8 Å². The van der Waals surface area contributed by atoms with Crippen LogP contribution in [0.2, 0.25) is 0 Å². The predicted molar refractivity (Wildman–Crippen MR) is 75.0 cm³/mol. The fourth-order valence-corrected chi connectivity index (χ4v) is 3.24. The van der Waals surface area contributed by atoms with E-state index >= 15 is 0 Å². The van der Waals surface area contributed by atoms with Gasteiger partial charge in [-0.2, -0.15) is 0 Å². The van der Waals surface area contributed by atoms with Crippen molar-refractivity contribution in [3.8, 4) is 0 Å². The zero-order valence-corrected chi connectivity index (χ0v) is 12.3. The zero-order chi connectivity index (χ0) is 13.8. The van der Waals surface area contributed by atoms with Gasteiger partial charge in [-0.3, -0.25) is 0 Å². The Morgan fingerprint density at radius 2 is 2.00 bits per heavy atom. The minimum Gasteiger partial charge on any atom is -0.390 e. The maximum absolute atomic E-state index is 10.0. The lowest BCUT2D eigenvalue weighted by Crippen LogP contribution is -2.50. The Bertz CT molecular complexity index is 272. The minimum atomic E-state index is -0.727. The molecule has 4 atom stereocenters. The van der Waals surface area contributed by atoms with E-state index in [4.69, 9.17) is 4.74 Å². The molecule has 0 bridgehead atoms. The van der Waals surface area contributed by atoms with Crippen LogP contribution < -0.4 is 0 Å². The van der Waals surface area contributed by atoms with Crippen molar-refractivity contribution in [2.45, 2.75) is 57.8 Å². The Morgan fingerprint density at radius 3 is 2.74 bits per heavy atom. The van der Waals surface area contributed by atoms with Crippen LogP contribution in [0.5, 0.6) is 0 Å². The maximum Gasteiger partial charge on any atom is 0.107 e. The quantitative estimate of drug-likeness (QED) is 0.811. The minimum absolute atomic E-state index is 0.227. The van der Waals surface area contributed by atoms with Crippen LogP contribution in [-0.4, -0.2) is 59.7 Å². The number of ether oxygens (including phenoxy) is 1. The Balaban J connectivity index is 1.89. The molecule has 2 fully saturated rings. The van der Waals surface area contributed by atoms with Crippen LogP contribution >= 0.6 is 0 Å². The van der Waals surface area contributed by atoms with Crippen molar-refractivity contribution in [2.75, 3.05) is 26.2 Å². The summed E-state index contributed by atoms with van der Waals surface area (Å²) in [6.45, 7) is 8.09. The molecule has 2 aliphatic heterocycles. The van der Waals surface area contributed by atoms with Gasteiger partial charge in [0.1, 0.15) is 6.10 Å². The average Bonchev–Trinajstić information content (AvgIpc) is 2.61. The monoisotopic (exact) mass is 271 g/mol. The van der Waals surface area contributed by atoms with E-state index in [9.17, 15) is 10.2 Å². The Hall–Kier alpha value is -0.160. The summed E-state index contributed by atoms with van der Waals surface area (Å²) in [7, 11) is 0. The molecule has 2 rings (SSSR count). The van der Waals surface area contributed by atoms with E-state index in [-0.39, 0.29) is 6.10 Å². The predicted octanol–water partition coefficient (Wildman–Crippen LogP) is 1.26. The third-order valence-electron chi connectivity index (χ3n) is 4.69. The number of hydrogen-bond acceptors (Lipinski definition) is 4. The number of rotatable bonds is 3. The van der Waals surface area contributed by atoms with Crippen molar-refractivity contribution >= 4 is 0 Å². The molecule has 2 N–H and O–H groups in total. The van der Waals surface area contributed by atoms with Crippen molar-refractivity contribution in [1.82, 2.24) is 4.90 Å². The largest absolute Gasteiger partial charge is 0.390 e. The summed E-state index contributed by atoms with van der Waals surface area (Å²) in [5.74, 6) is 1.46. The van der Waals surface area contributed by atoms with Gasteiger partial charge in [-0.15, -0.1) is 0 Å². The Morgan fingerprint density at radius 1 is 1.21 bits per heavy atom. The average molecular weight is 271 g/mol. The Labute approximate surface area is 116 Å². The number of hydrogen-bond donors (Lipinski definition) is 2. The number of aliphatic hydroxyl groups is 2. The topological polar surface area (TPSA) is 52.9 Å². The molecule has 4 nitrogen and oxygen atoms in total. The van der Waals surface area contributed by atoms with Crippen molar-refractivity contribution in [3.63, 3.8) is 0 Å². The second-order valence-electron chi connectivity index (χ2n) is 6.52. The van der Waals surface area contributed by atoms with Crippen molar-refractivity contribution < 1.29 is 14.9 Å². The molecule has 2 saturated heterocycles. The molecule has 2 heterocycles. The van der Waals surface area contributed by atoms with Gasteiger partial charge in [0, 0.05) is 19.7 Å². The zero-order valence-electron chi connectivity index (χ0n) is 12.3. The highest BCUT2D eigenvalue weighted by Crippen LogP contribution is 2.24. The van der Waals surface area contributed by atoms with Gasteiger partial charge < -0.3 is 19.8 Å². The lowest BCUT2D eigenvalue weighted by molar-refractivity contribution is -0.141. The van der Waals surface area contributed by atoms with E-state index in [1.165, 1.54) is 19.3 Å². The van der Waals surface area contributed by atoms with Gasteiger partial charge in [0.05, 0.1) is 12.2 Å². The molecule has 2 aliphatic rings.